The number of nitrogens with one attached hydrogen (secondary N) is 1. The number of fused-ring (bicyclic) bond motifs is 1. The SMILES string of the molecule is COc1ccc(C(=O)OC(C)C(=O)N2CC(=O)Nc3cc(C(F)(F)F)ccc32)c(F)c1. The summed E-state index contributed by atoms with van der Waals surface area (Å²) in [4.78, 5) is 37.8. The molecule has 0 saturated carbocycles. The fraction of sp³-hybridized carbons (Fsp3) is 0.250. The number of halogens is 4. The molecular formula is C20H16F4N2O5. The molecule has 31 heavy (non-hydrogen) atoms. The lowest BCUT2D eigenvalue weighted by Crippen LogP contribution is -2.47. The number of hydrogen-bond acceptors (Lipinski definition) is 5. The van der Waals surface area contributed by atoms with Gasteiger partial charge in [0.05, 0.1) is 29.6 Å². The number of methoxy groups -OCH3 is 1. The first kappa shape index (κ1) is 22.1. The Balaban J connectivity index is 1.81. The fourth-order valence-corrected chi connectivity index (χ4v) is 2.95. The van der Waals surface area contributed by atoms with Gasteiger partial charge in [-0.25, -0.2) is 9.18 Å². The van der Waals surface area contributed by atoms with Gasteiger partial charge >= 0.3 is 12.1 Å². The summed E-state index contributed by atoms with van der Waals surface area (Å²) in [6, 6.07) is 5.92. The largest absolute Gasteiger partial charge is 0.497 e. The minimum Gasteiger partial charge on any atom is -0.497 e. The third kappa shape index (κ3) is 4.60. The topological polar surface area (TPSA) is 84.9 Å². The molecular weight excluding hydrogens is 424 g/mol. The molecule has 0 bridgehead atoms. The van der Waals surface area contributed by atoms with E-state index in [1.807, 2.05) is 0 Å². The Morgan fingerprint density at radius 1 is 1.16 bits per heavy atom. The highest BCUT2D eigenvalue weighted by molar-refractivity contribution is 6.11. The van der Waals surface area contributed by atoms with Crippen LogP contribution in [0.5, 0.6) is 5.75 Å². The summed E-state index contributed by atoms with van der Waals surface area (Å²) in [5.41, 5.74) is -1.64. The molecule has 1 aliphatic rings. The molecule has 1 N–H and O–H groups in total. The van der Waals surface area contributed by atoms with Crippen LogP contribution in [-0.2, 0) is 20.5 Å². The molecule has 0 aromatic heterocycles. The predicted molar refractivity (Wildman–Crippen MR) is 100 cm³/mol. The fourth-order valence-electron chi connectivity index (χ4n) is 2.95. The van der Waals surface area contributed by atoms with Gasteiger partial charge in [-0.05, 0) is 37.3 Å². The van der Waals surface area contributed by atoms with Crippen molar-refractivity contribution in [2.45, 2.75) is 19.2 Å². The number of esters is 1. The molecule has 2 aromatic carbocycles. The summed E-state index contributed by atoms with van der Waals surface area (Å²) in [6.45, 7) is 0.716. The molecule has 2 aromatic rings. The lowest BCUT2D eigenvalue weighted by molar-refractivity contribution is -0.137. The number of rotatable bonds is 4. The van der Waals surface area contributed by atoms with E-state index in [-0.39, 0.29) is 17.1 Å². The molecule has 0 spiro atoms. The molecule has 7 nitrogen and oxygen atoms in total. The third-order valence-electron chi connectivity index (χ3n) is 4.48. The second-order valence-electron chi connectivity index (χ2n) is 6.60. The van der Waals surface area contributed by atoms with Gasteiger partial charge in [0.15, 0.2) is 6.10 Å². The Kier molecular flexibility index (Phi) is 5.87. The van der Waals surface area contributed by atoms with Gasteiger partial charge in [-0.15, -0.1) is 0 Å². The maximum absolute atomic E-state index is 14.1. The van der Waals surface area contributed by atoms with Gasteiger partial charge in [0.1, 0.15) is 18.1 Å². The molecule has 3 rings (SSSR count). The van der Waals surface area contributed by atoms with Crippen LogP contribution in [0.15, 0.2) is 36.4 Å². The van der Waals surface area contributed by atoms with Gasteiger partial charge in [0, 0.05) is 6.07 Å². The number of carbonyl (C=O) groups excluding carboxylic acids is 3. The van der Waals surface area contributed by atoms with Crippen LogP contribution in [0, 0.1) is 5.82 Å². The monoisotopic (exact) mass is 440 g/mol. The van der Waals surface area contributed by atoms with Gasteiger partial charge in [-0.2, -0.15) is 13.2 Å². The maximum Gasteiger partial charge on any atom is 0.416 e. The first-order valence-corrected chi connectivity index (χ1v) is 8.88. The van der Waals surface area contributed by atoms with E-state index in [1.165, 1.54) is 20.1 Å². The number of amides is 2. The lowest BCUT2D eigenvalue weighted by Gasteiger charge is -2.31. The van der Waals surface area contributed by atoms with Crippen molar-refractivity contribution in [2.24, 2.45) is 0 Å². The van der Waals surface area contributed by atoms with Crippen molar-refractivity contribution < 1.29 is 41.4 Å². The Morgan fingerprint density at radius 2 is 1.87 bits per heavy atom. The zero-order chi connectivity index (χ0) is 22.9. The minimum atomic E-state index is -4.64. The summed E-state index contributed by atoms with van der Waals surface area (Å²) in [5.74, 6) is -3.47. The second-order valence-corrected chi connectivity index (χ2v) is 6.60. The Morgan fingerprint density at radius 3 is 2.48 bits per heavy atom. The zero-order valence-corrected chi connectivity index (χ0v) is 16.2. The summed E-state index contributed by atoms with van der Waals surface area (Å²) in [5, 5.41) is 2.28. The van der Waals surface area contributed by atoms with Gasteiger partial charge in [0.2, 0.25) is 5.91 Å². The minimum absolute atomic E-state index is 0.0103. The van der Waals surface area contributed by atoms with Crippen molar-refractivity contribution in [2.75, 3.05) is 23.9 Å². The Bertz CT molecular complexity index is 1050. The Hall–Kier alpha value is -3.63. The van der Waals surface area contributed by atoms with Crippen molar-refractivity contribution in [3.63, 3.8) is 0 Å². The molecule has 1 unspecified atom stereocenters. The van der Waals surface area contributed by atoms with Crippen molar-refractivity contribution in [3.8, 4) is 5.75 Å². The number of alkyl halides is 3. The van der Waals surface area contributed by atoms with Gasteiger partial charge in [-0.1, -0.05) is 0 Å². The highest BCUT2D eigenvalue weighted by Gasteiger charge is 2.35. The smallest absolute Gasteiger partial charge is 0.416 e. The predicted octanol–water partition coefficient (Wildman–Crippen LogP) is 3.38. The molecule has 0 fully saturated rings. The van der Waals surface area contributed by atoms with Crippen molar-refractivity contribution in [1.29, 1.82) is 0 Å². The summed E-state index contributed by atoms with van der Waals surface area (Å²) in [6.07, 6.45) is -6.09. The van der Waals surface area contributed by atoms with Crippen LogP contribution in [0.1, 0.15) is 22.8 Å². The van der Waals surface area contributed by atoms with Crippen LogP contribution in [0.4, 0.5) is 28.9 Å². The van der Waals surface area contributed by atoms with Crippen molar-refractivity contribution in [3.05, 3.63) is 53.3 Å². The molecule has 1 aliphatic heterocycles. The number of ether oxygens (including phenoxy) is 2. The second kappa shape index (κ2) is 8.25. The highest BCUT2D eigenvalue weighted by Crippen LogP contribution is 2.37. The average Bonchev–Trinajstić information content (AvgIpc) is 2.71. The normalized spacial score (nSPS) is 14.4. The first-order chi connectivity index (χ1) is 14.5. The molecule has 2 amide bonds. The standard InChI is InChI=1S/C20H16F4N2O5/c1-10(31-19(29)13-5-4-12(30-2)8-14(13)21)18(28)26-9-17(27)25-15-7-11(20(22,23)24)3-6-16(15)26/h3-8,10H,9H2,1-2H3,(H,25,27). The van der Waals surface area contributed by atoms with Crippen molar-refractivity contribution in [1.82, 2.24) is 0 Å². The molecule has 1 heterocycles. The molecule has 0 radical (unpaired) electrons. The molecule has 1 atom stereocenters. The van der Waals surface area contributed by atoms with E-state index >= 15 is 0 Å². The van der Waals surface area contributed by atoms with E-state index in [4.69, 9.17) is 9.47 Å². The maximum atomic E-state index is 14.1. The molecule has 0 aliphatic carbocycles. The zero-order valence-electron chi connectivity index (χ0n) is 16.2. The van der Waals surface area contributed by atoms with E-state index in [0.717, 1.165) is 29.2 Å². The van der Waals surface area contributed by atoms with Crippen LogP contribution >= 0.6 is 0 Å². The van der Waals surface area contributed by atoms with E-state index < -0.39 is 53.6 Å². The quantitative estimate of drug-likeness (QED) is 0.582. The summed E-state index contributed by atoms with van der Waals surface area (Å²) >= 11 is 0. The number of carbonyl (C=O) groups is 3. The van der Waals surface area contributed by atoms with Crippen LogP contribution in [0.25, 0.3) is 0 Å². The number of benzene rings is 2. The van der Waals surface area contributed by atoms with Gasteiger partial charge in [0.25, 0.3) is 5.91 Å². The van der Waals surface area contributed by atoms with E-state index in [0.29, 0.717) is 6.07 Å². The number of nitrogens with zero attached hydrogens (tertiary/aromatic N) is 1. The van der Waals surface area contributed by atoms with Crippen LogP contribution < -0.4 is 15.0 Å². The van der Waals surface area contributed by atoms with E-state index in [1.54, 1.807) is 0 Å². The first-order valence-electron chi connectivity index (χ1n) is 8.88. The summed E-state index contributed by atoms with van der Waals surface area (Å²) in [7, 11) is 1.32. The number of anilines is 2. The molecule has 164 valence electrons. The molecule has 0 saturated heterocycles. The Labute approximate surface area is 173 Å². The van der Waals surface area contributed by atoms with Crippen LogP contribution in [0.3, 0.4) is 0 Å². The van der Waals surface area contributed by atoms with Gasteiger partial charge in [-0.3, -0.25) is 14.5 Å². The van der Waals surface area contributed by atoms with Crippen LogP contribution in [-0.4, -0.2) is 37.5 Å². The lowest BCUT2D eigenvalue weighted by atomic mass is 10.1. The third-order valence-corrected chi connectivity index (χ3v) is 4.48. The van der Waals surface area contributed by atoms with Gasteiger partial charge < -0.3 is 14.8 Å². The molecule has 11 heteroatoms. The van der Waals surface area contributed by atoms with Crippen LogP contribution in [0.2, 0.25) is 0 Å². The van der Waals surface area contributed by atoms with E-state index in [2.05, 4.69) is 5.32 Å². The number of hydrogen-bond donors (Lipinski definition) is 1. The van der Waals surface area contributed by atoms with Crippen molar-refractivity contribution >= 4 is 29.2 Å². The summed E-state index contributed by atoms with van der Waals surface area (Å²) < 4.78 is 62.7. The average molecular weight is 440 g/mol. The van der Waals surface area contributed by atoms with E-state index in [9.17, 15) is 31.9 Å². The highest BCUT2D eigenvalue weighted by atomic mass is 19.4.